The minimum Gasteiger partial charge on any atom is -0.322 e. The highest BCUT2D eigenvalue weighted by Crippen LogP contribution is 2.15. The van der Waals surface area contributed by atoms with Crippen LogP contribution in [0.25, 0.3) is 0 Å². The molecule has 0 saturated heterocycles. The summed E-state index contributed by atoms with van der Waals surface area (Å²) in [5.74, 6) is -0.110. The van der Waals surface area contributed by atoms with Crippen molar-refractivity contribution in [3.63, 3.8) is 0 Å². The van der Waals surface area contributed by atoms with Gasteiger partial charge in [-0.2, -0.15) is 5.10 Å². The topological polar surface area (TPSA) is 59.8 Å². The fraction of sp³-hybridized carbons (Fsp3) is 0.118. The number of rotatable bonds is 4. The van der Waals surface area contributed by atoms with Gasteiger partial charge in [0, 0.05) is 11.3 Å². The van der Waals surface area contributed by atoms with Crippen LogP contribution in [0.2, 0.25) is 0 Å². The summed E-state index contributed by atoms with van der Waals surface area (Å²) in [6.07, 6.45) is 3.17. The van der Waals surface area contributed by atoms with Crippen molar-refractivity contribution >= 4 is 11.6 Å². The summed E-state index contributed by atoms with van der Waals surface area (Å²) < 4.78 is 1.74. The smallest absolute Gasteiger partial charge is 0.255 e. The van der Waals surface area contributed by atoms with Crippen LogP contribution in [0.3, 0.4) is 0 Å². The third-order valence-electron chi connectivity index (χ3n) is 3.42. The van der Waals surface area contributed by atoms with Crippen molar-refractivity contribution < 1.29 is 4.79 Å². The van der Waals surface area contributed by atoms with Crippen LogP contribution in [0.4, 0.5) is 5.69 Å². The van der Waals surface area contributed by atoms with Gasteiger partial charge in [0.05, 0.1) is 6.54 Å². The van der Waals surface area contributed by atoms with E-state index in [1.165, 1.54) is 6.33 Å². The second kappa shape index (κ2) is 6.22. The normalized spacial score (nSPS) is 10.4. The molecule has 0 saturated carbocycles. The fourth-order valence-electron chi connectivity index (χ4n) is 2.17. The van der Waals surface area contributed by atoms with Gasteiger partial charge in [0.2, 0.25) is 0 Å². The second-order valence-corrected chi connectivity index (χ2v) is 5.06. The zero-order chi connectivity index (χ0) is 15.4. The molecule has 3 rings (SSSR count). The van der Waals surface area contributed by atoms with E-state index >= 15 is 0 Å². The molecule has 1 N–H and O–H groups in total. The van der Waals surface area contributed by atoms with Gasteiger partial charge in [-0.15, -0.1) is 0 Å². The largest absolute Gasteiger partial charge is 0.322 e. The molecule has 1 heterocycles. The van der Waals surface area contributed by atoms with Crippen LogP contribution >= 0.6 is 0 Å². The third kappa shape index (κ3) is 3.20. The first-order valence-corrected chi connectivity index (χ1v) is 7.01. The maximum atomic E-state index is 12.3. The van der Waals surface area contributed by atoms with E-state index in [0.29, 0.717) is 12.1 Å². The number of anilines is 1. The van der Waals surface area contributed by atoms with E-state index in [2.05, 4.69) is 15.4 Å². The standard InChI is InChI=1S/C17H16N4O/c1-13-4-2-3-5-16(13)20-17(22)15-8-6-14(7-9-15)10-21-12-18-11-19-21/h2-9,11-12H,10H2,1H3,(H,20,22). The summed E-state index contributed by atoms with van der Waals surface area (Å²) in [7, 11) is 0. The van der Waals surface area contributed by atoms with Gasteiger partial charge in [-0.25, -0.2) is 9.67 Å². The lowest BCUT2D eigenvalue weighted by molar-refractivity contribution is 0.102. The number of para-hydroxylation sites is 1. The van der Waals surface area contributed by atoms with Gasteiger partial charge in [-0.3, -0.25) is 4.79 Å². The van der Waals surface area contributed by atoms with Crippen LogP contribution in [0, 0.1) is 6.92 Å². The van der Waals surface area contributed by atoms with Crippen molar-refractivity contribution in [3.05, 3.63) is 77.9 Å². The van der Waals surface area contributed by atoms with Gasteiger partial charge >= 0.3 is 0 Å². The highest BCUT2D eigenvalue weighted by molar-refractivity contribution is 6.04. The molecular weight excluding hydrogens is 276 g/mol. The fourth-order valence-corrected chi connectivity index (χ4v) is 2.17. The van der Waals surface area contributed by atoms with Gasteiger partial charge in [0.1, 0.15) is 12.7 Å². The maximum absolute atomic E-state index is 12.3. The highest BCUT2D eigenvalue weighted by atomic mass is 16.1. The number of aryl methyl sites for hydroxylation is 1. The lowest BCUT2D eigenvalue weighted by Gasteiger charge is -2.08. The molecule has 5 nitrogen and oxygen atoms in total. The molecule has 0 bridgehead atoms. The molecule has 2 aromatic carbocycles. The summed E-state index contributed by atoms with van der Waals surface area (Å²) in [4.78, 5) is 16.2. The Balaban J connectivity index is 1.70. The van der Waals surface area contributed by atoms with Crippen molar-refractivity contribution in [3.8, 4) is 0 Å². The Morgan fingerprint density at radius 3 is 2.59 bits per heavy atom. The molecule has 5 heteroatoms. The number of nitrogens with one attached hydrogen (secondary N) is 1. The molecule has 0 unspecified atom stereocenters. The molecule has 0 spiro atoms. The molecule has 1 amide bonds. The van der Waals surface area contributed by atoms with Crippen molar-refractivity contribution in [1.29, 1.82) is 0 Å². The van der Waals surface area contributed by atoms with Crippen molar-refractivity contribution in [2.24, 2.45) is 0 Å². The summed E-state index contributed by atoms with van der Waals surface area (Å²) >= 11 is 0. The number of hydrogen-bond acceptors (Lipinski definition) is 3. The van der Waals surface area contributed by atoms with Crippen LogP contribution < -0.4 is 5.32 Å². The number of carbonyl (C=O) groups excluding carboxylic acids is 1. The third-order valence-corrected chi connectivity index (χ3v) is 3.42. The lowest BCUT2D eigenvalue weighted by Crippen LogP contribution is -2.12. The molecule has 110 valence electrons. The number of hydrogen-bond donors (Lipinski definition) is 1. The molecule has 0 aliphatic carbocycles. The lowest BCUT2D eigenvalue weighted by atomic mass is 10.1. The Labute approximate surface area is 128 Å². The summed E-state index contributed by atoms with van der Waals surface area (Å²) in [6.45, 7) is 2.61. The highest BCUT2D eigenvalue weighted by Gasteiger charge is 2.07. The summed E-state index contributed by atoms with van der Waals surface area (Å²) in [5.41, 5.74) is 3.57. The van der Waals surface area contributed by atoms with Crippen LogP contribution in [-0.2, 0) is 6.54 Å². The first-order valence-electron chi connectivity index (χ1n) is 7.01. The predicted octanol–water partition coefficient (Wildman–Crippen LogP) is 2.89. The Kier molecular flexibility index (Phi) is 3.96. The van der Waals surface area contributed by atoms with Crippen LogP contribution in [0.15, 0.2) is 61.2 Å². The predicted molar refractivity (Wildman–Crippen MR) is 84.7 cm³/mol. The minimum absolute atomic E-state index is 0.110. The van der Waals surface area contributed by atoms with Crippen LogP contribution in [0.5, 0.6) is 0 Å². The average molecular weight is 292 g/mol. The first kappa shape index (κ1) is 14.0. The van der Waals surface area contributed by atoms with E-state index in [-0.39, 0.29) is 5.91 Å². The minimum atomic E-state index is -0.110. The zero-order valence-corrected chi connectivity index (χ0v) is 12.2. The summed E-state index contributed by atoms with van der Waals surface area (Å²) in [5, 5.41) is 6.99. The van der Waals surface area contributed by atoms with Gasteiger partial charge in [-0.05, 0) is 36.2 Å². The van der Waals surface area contributed by atoms with E-state index in [1.807, 2.05) is 55.5 Å². The molecule has 1 aromatic heterocycles. The van der Waals surface area contributed by atoms with E-state index in [0.717, 1.165) is 16.8 Å². The molecule has 0 radical (unpaired) electrons. The molecule has 3 aromatic rings. The SMILES string of the molecule is Cc1ccccc1NC(=O)c1ccc(Cn2cncn2)cc1. The van der Waals surface area contributed by atoms with Crippen molar-refractivity contribution in [2.75, 3.05) is 5.32 Å². The number of aromatic nitrogens is 3. The van der Waals surface area contributed by atoms with Crippen molar-refractivity contribution in [1.82, 2.24) is 14.8 Å². The van der Waals surface area contributed by atoms with Crippen molar-refractivity contribution in [2.45, 2.75) is 13.5 Å². The van der Waals surface area contributed by atoms with Crippen LogP contribution in [0.1, 0.15) is 21.5 Å². The Morgan fingerprint density at radius 2 is 1.91 bits per heavy atom. The van der Waals surface area contributed by atoms with Crippen LogP contribution in [-0.4, -0.2) is 20.7 Å². The number of nitrogens with zero attached hydrogens (tertiary/aromatic N) is 3. The molecule has 22 heavy (non-hydrogen) atoms. The van der Waals surface area contributed by atoms with Gasteiger partial charge < -0.3 is 5.32 Å². The maximum Gasteiger partial charge on any atom is 0.255 e. The van der Waals surface area contributed by atoms with E-state index in [4.69, 9.17) is 0 Å². The molecule has 0 aliphatic rings. The number of benzene rings is 2. The number of carbonyl (C=O) groups is 1. The Morgan fingerprint density at radius 1 is 1.14 bits per heavy atom. The van der Waals surface area contributed by atoms with Gasteiger partial charge in [0.25, 0.3) is 5.91 Å². The Bertz CT molecular complexity index is 764. The molecule has 0 fully saturated rings. The molecule has 0 aliphatic heterocycles. The number of amides is 1. The van der Waals surface area contributed by atoms with E-state index < -0.39 is 0 Å². The summed E-state index contributed by atoms with van der Waals surface area (Å²) in [6, 6.07) is 15.2. The average Bonchev–Trinajstić information content (AvgIpc) is 3.03. The molecular formula is C17H16N4O. The molecule has 0 atom stereocenters. The first-order chi connectivity index (χ1) is 10.7. The Hall–Kier alpha value is -2.95. The second-order valence-electron chi connectivity index (χ2n) is 5.06. The quantitative estimate of drug-likeness (QED) is 0.804. The van der Waals surface area contributed by atoms with E-state index in [1.54, 1.807) is 11.0 Å². The van der Waals surface area contributed by atoms with Gasteiger partial charge in [0.15, 0.2) is 0 Å². The van der Waals surface area contributed by atoms with Gasteiger partial charge in [-0.1, -0.05) is 30.3 Å². The zero-order valence-electron chi connectivity index (χ0n) is 12.2. The monoisotopic (exact) mass is 292 g/mol. The van der Waals surface area contributed by atoms with E-state index in [9.17, 15) is 4.79 Å².